The molecule has 0 spiro atoms. The highest BCUT2D eigenvalue weighted by Crippen LogP contribution is 2.41. The largest absolute Gasteiger partial charge is 0.293 e. The lowest BCUT2D eigenvalue weighted by atomic mass is 10.1. The average Bonchev–Trinajstić information content (AvgIpc) is 2.88. The Labute approximate surface area is 141 Å². The highest BCUT2D eigenvalue weighted by Gasteiger charge is 2.20. The van der Waals surface area contributed by atoms with Crippen LogP contribution >= 0.6 is 11.8 Å². The van der Waals surface area contributed by atoms with Crippen molar-refractivity contribution in [2.24, 2.45) is 0 Å². The van der Waals surface area contributed by atoms with Gasteiger partial charge in [-0.1, -0.05) is 38.3 Å². The van der Waals surface area contributed by atoms with Crippen LogP contribution in [0.3, 0.4) is 0 Å². The normalized spacial score (nSPS) is 12.3. The second-order valence-electron chi connectivity index (χ2n) is 5.74. The zero-order valence-corrected chi connectivity index (χ0v) is 14.7. The van der Waals surface area contributed by atoms with E-state index in [1.54, 1.807) is 11.8 Å². The molecule has 2 aromatic rings. The molecule has 0 fully saturated rings. The number of rotatable bonds is 8. The van der Waals surface area contributed by atoms with Crippen LogP contribution in [0.5, 0.6) is 0 Å². The Bertz CT molecular complexity index is 652. The Balaban J connectivity index is 2.25. The minimum Gasteiger partial charge on any atom is -0.293 e. The SMILES string of the molecule is CCCCCC(Sc1c(C(C)=O)n[nH]c1C)c1ccc(F)cc1. The first-order valence-electron chi connectivity index (χ1n) is 8.01. The minimum atomic E-state index is -0.227. The highest BCUT2D eigenvalue weighted by molar-refractivity contribution is 7.99. The van der Waals surface area contributed by atoms with E-state index in [0.717, 1.165) is 35.4 Å². The molecule has 2 rings (SSSR count). The molecule has 0 saturated heterocycles. The first-order valence-corrected chi connectivity index (χ1v) is 8.89. The topological polar surface area (TPSA) is 45.8 Å². The molecule has 0 saturated carbocycles. The van der Waals surface area contributed by atoms with Crippen LogP contribution in [0.25, 0.3) is 0 Å². The van der Waals surface area contributed by atoms with Crippen LogP contribution in [0.1, 0.15) is 66.5 Å². The summed E-state index contributed by atoms with van der Waals surface area (Å²) in [5.41, 5.74) is 2.49. The van der Waals surface area contributed by atoms with Crippen LogP contribution in [0.15, 0.2) is 29.2 Å². The number of thioether (sulfide) groups is 1. The number of aromatic nitrogens is 2. The van der Waals surface area contributed by atoms with E-state index in [-0.39, 0.29) is 16.9 Å². The number of aryl methyl sites for hydroxylation is 1. The van der Waals surface area contributed by atoms with Gasteiger partial charge in [0.05, 0.1) is 4.90 Å². The molecule has 0 radical (unpaired) electrons. The van der Waals surface area contributed by atoms with Crippen LogP contribution in [0.2, 0.25) is 0 Å². The van der Waals surface area contributed by atoms with E-state index in [2.05, 4.69) is 17.1 Å². The number of carbonyl (C=O) groups excluding carboxylic acids is 1. The summed E-state index contributed by atoms with van der Waals surface area (Å²) < 4.78 is 13.2. The van der Waals surface area contributed by atoms with E-state index in [9.17, 15) is 9.18 Å². The van der Waals surface area contributed by atoms with Crippen molar-refractivity contribution < 1.29 is 9.18 Å². The van der Waals surface area contributed by atoms with Crippen LogP contribution in [-0.2, 0) is 0 Å². The summed E-state index contributed by atoms with van der Waals surface area (Å²) in [5, 5.41) is 7.21. The number of carbonyl (C=O) groups is 1. The van der Waals surface area contributed by atoms with Gasteiger partial charge in [0.25, 0.3) is 0 Å². The first kappa shape index (κ1) is 17.7. The summed E-state index contributed by atoms with van der Waals surface area (Å²) in [6.07, 6.45) is 4.43. The first-order chi connectivity index (χ1) is 11.0. The van der Waals surface area contributed by atoms with Gasteiger partial charge in [0.15, 0.2) is 5.78 Å². The van der Waals surface area contributed by atoms with Gasteiger partial charge < -0.3 is 0 Å². The summed E-state index contributed by atoms with van der Waals surface area (Å²) in [6.45, 7) is 5.63. The Morgan fingerprint density at radius 3 is 2.61 bits per heavy atom. The summed E-state index contributed by atoms with van der Waals surface area (Å²) >= 11 is 1.65. The number of ketones is 1. The zero-order chi connectivity index (χ0) is 16.8. The van der Waals surface area contributed by atoms with E-state index < -0.39 is 0 Å². The number of benzene rings is 1. The van der Waals surface area contributed by atoms with Crippen molar-refractivity contribution in [2.45, 2.75) is 56.6 Å². The number of nitrogens with one attached hydrogen (secondary N) is 1. The molecule has 0 amide bonds. The number of H-pyrrole nitrogens is 1. The van der Waals surface area contributed by atoms with Crippen LogP contribution in [0.4, 0.5) is 4.39 Å². The van der Waals surface area contributed by atoms with Crippen LogP contribution < -0.4 is 0 Å². The van der Waals surface area contributed by atoms with Gasteiger partial charge >= 0.3 is 0 Å². The van der Waals surface area contributed by atoms with Crippen molar-refractivity contribution in [1.82, 2.24) is 10.2 Å². The molecule has 1 aromatic carbocycles. The standard InChI is InChI=1S/C18H23FN2OS/c1-4-5-6-7-16(14-8-10-15(19)11-9-14)23-18-12(2)20-21-17(18)13(3)22/h8-11,16H,4-7H2,1-3H3,(H,20,21). The second kappa shape index (κ2) is 8.29. The monoisotopic (exact) mass is 334 g/mol. The molecule has 5 heteroatoms. The number of hydrogen-bond acceptors (Lipinski definition) is 3. The van der Waals surface area contributed by atoms with E-state index in [4.69, 9.17) is 0 Å². The molecule has 3 nitrogen and oxygen atoms in total. The van der Waals surface area contributed by atoms with Crippen molar-refractivity contribution in [2.75, 3.05) is 0 Å². The van der Waals surface area contributed by atoms with E-state index in [0.29, 0.717) is 5.69 Å². The molecule has 1 unspecified atom stereocenters. The molecular formula is C18H23FN2OS. The number of aromatic amines is 1. The average molecular weight is 334 g/mol. The molecule has 0 bridgehead atoms. The molecule has 23 heavy (non-hydrogen) atoms. The summed E-state index contributed by atoms with van der Waals surface area (Å²) in [5.74, 6) is -0.266. The third-order valence-electron chi connectivity index (χ3n) is 3.80. The molecule has 1 heterocycles. The van der Waals surface area contributed by atoms with Gasteiger partial charge in [-0.05, 0) is 31.0 Å². The fourth-order valence-corrected chi connectivity index (χ4v) is 3.88. The Morgan fingerprint density at radius 2 is 2.00 bits per heavy atom. The summed E-state index contributed by atoms with van der Waals surface area (Å²) in [6, 6.07) is 6.66. The van der Waals surface area contributed by atoms with E-state index >= 15 is 0 Å². The highest BCUT2D eigenvalue weighted by atomic mass is 32.2. The fourth-order valence-electron chi connectivity index (χ4n) is 2.49. The molecule has 0 aliphatic heterocycles. The molecule has 1 aromatic heterocycles. The maximum absolute atomic E-state index is 13.2. The van der Waals surface area contributed by atoms with Crippen molar-refractivity contribution in [1.29, 1.82) is 0 Å². The third kappa shape index (κ3) is 4.67. The van der Waals surface area contributed by atoms with Gasteiger partial charge in [-0.25, -0.2) is 4.39 Å². The summed E-state index contributed by atoms with van der Waals surface area (Å²) in [4.78, 5) is 12.7. The van der Waals surface area contributed by atoms with Crippen molar-refractivity contribution >= 4 is 17.5 Å². The van der Waals surface area contributed by atoms with Crippen molar-refractivity contribution in [3.8, 4) is 0 Å². The predicted octanol–water partition coefficient (Wildman–Crippen LogP) is 5.47. The van der Waals surface area contributed by atoms with Crippen molar-refractivity contribution in [3.05, 3.63) is 47.0 Å². The smallest absolute Gasteiger partial charge is 0.181 e. The maximum atomic E-state index is 13.2. The lowest BCUT2D eigenvalue weighted by Gasteiger charge is -2.17. The number of unbranched alkanes of at least 4 members (excludes halogenated alkanes) is 2. The van der Waals surface area contributed by atoms with Gasteiger partial charge in [0, 0.05) is 17.9 Å². The number of hydrogen-bond donors (Lipinski definition) is 1. The fraction of sp³-hybridized carbons (Fsp3) is 0.444. The Kier molecular flexibility index (Phi) is 6.39. The van der Waals surface area contributed by atoms with Gasteiger partial charge in [0.1, 0.15) is 11.5 Å². The van der Waals surface area contributed by atoms with E-state index in [1.807, 2.05) is 19.1 Å². The molecule has 1 N–H and O–H groups in total. The molecular weight excluding hydrogens is 311 g/mol. The Morgan fingerprint density at radius 1 is 1.30 bits per heavy atom. The number of nitrogens with zero attached hydrogens (tertiary/aromatic N) is 1. The molecule has 0 aliphatic carbocycles. The maximum Gasteiger partial charge on any atom is 0.181 e. The molecule has 1 atom stereocenters. The molecule has 0 aliphatic rings. The summed E-state index contributed by atoms with van der Waals surface area (Å²) in [7, 11) is 0. The van der Waals surface area contributed by atoms with Crippen LogP contribution in [-0.4, -0.2) is 16.0 Å². The number of halogens is 1. The third-order valence-corrected chi connectivity index (χ3v) is 5.32. The lowest BCUT2D eigenvalue weighted by Crippen LogP contribution is -1.99. The van der Waals surface area contributed by atoms with E-state index in [1.165, 1.54) is 25.5 Å². The Hall–Kier alpha value is -1.62. The minimum absolute atomic E-state index is 0.0386. The quantitative estimate of drug-likeness (QED) is 0.395. The molecule has 124 valence electrons. The van der Waals surface area contributed by atoms with Gasteiger partial charge in [-0.2, -0.15) is 5.10 Å². The predicted molar refractivity (Wildman–Crippen MR) is 92.5 cm³/mol. The van der Waals surface area contributed by atoms with Gasteiger partial charge in [0.2, 0.25) is 0 Å². The van der Waals surface area contributed by atoms with Gasteiger partial charge in [-0.15, -0.1) is 11.8 Å². The van der Waals surface area contributed by atoms with Crippen molar-refractivity contribution in [3.63, 3.8) is 0 Å². The van der Waals surface area contributed by atoms with Gasteiger partial charge in [-0.3, -0.25) is 9.89 Å². The lowest BCUT2D eigenvalue weighted by molar-refractivity contribution is 0.101. The number of Topliss-reactive ketones (excluding diaryl/α,β-unsaturated/α-hetero) is 1. The zero-order valence-electron chi connectivity index (χ0n) is 13.9. The second-order valence-corrected chi connectivity index (χ2v) is 6.95. The van der Waals surface area contributed by atoms with Crippen LogP contribution in [0, 0.1) is 12.7 Å².